The van der Waals surface area contributed by atoms with Gasteiger partial charge in [0.2, 0.25) is 15.9 Å². The minimum absolute atomic E-state index is 0.122. The second kappa shape index (κ2) is 6.61. The molecule has 0 radical (unpaired) electrons. The second-order valence-corrected chi connectivity index (χ2v) is 8.89. The molecule has 1 N–H and O–H groups in total. The third-order valence-electron chi connectivity index (χ3n) is 4.13. The zero-order valence-electron chi connectivity index (χ0n) is 14.3. The molecule has 0 unspecified atom stereocenters. The van der Waals surface area contributed by atoms with Gasteiger partial charge in [0.1, 0.15) is 0 Å². The number of hydrogen-bond acceptors (Lipinski definition) is 3. The highest BCUT2D eigenvalue weighted by atomic mass is 32.2. The van der Waals surface area contributed by atoms with Crippen LogP contribution in [-0.2, 0) is 14.8 Å². The first kappa shape index (κ1) is 17.9. The van der Waals surface area contributed by atoms with Gasteiger partial charge in [-0.3, -0.25) is 4.79 Å². The zero-order valence-corrected chi connectivity index (χ0v) is 15.1. The highest BCUT2D eigenvalue weighted by Gasteiger charge is 2.31. The highest BCUT2D eigenvalue weighted by molar-refractivity contribution is 7.89. The summed E-state index contributed by atoms with van der Waals surface area (Å²) in [6.45, 7) is 8.69. The van der Waals surface area contributed by atoms with E-state index in [0.29, 0.717) is 30.8 Å². The number of benzene rings is 1. The number of likely N-dealkylation sites (tertiary alicyclic amines) is 1. The summed E-state index contributed by atoms with van der Waals surface area (Å²) in [7, 11) is -3.51. The van der Waals surface area contributed by atoms with Crippen LogP contribution in [0.25, 0.3) is 0 Å². The normalized spacial score (nSPS) is 17.3. The number of piperidine rings is 1. The molecule has 1 fully saturated rings. The Morgan fingerprint density at radius 1 is 1.17 bits per heavy atom. The zero-order chi connectivity index (χ0) is 17.3. The summed E-state index contributed by atoms with van der Waals surface area (Å²) in [4.78, 5) is 14.4. The number of carbonyl (C=O) groups excluding carboxylic acids is 1. The topological polar surface area (TPSA) is 66.5 Å². The van der Waals surface area contributed by atoms with Crippen molar-refractivity contribution < 1.29 is 13.2 Å². The van der Waals surface area contributed by atoms with Crippen LogP contribution >= 0.6 is 0 Å². The quantitative estimate of drug-likeness (QED) is 0.920. The van der Waals surface area contributed by atoms with E-state index in [-0.39, 0.29) is 11.9 Å². The standard InChI is InChI=1S/C17H26N2O3S/c1-13-7-5-6-8-15(13)23(21,22)18-14-9-11-19(12-10-14)16(20)17(2,3)4/h5-8,14,18H,9-12H2,1-4H3. The SMILES string of the molecule is Cc1ccccc1S(=O)(=O)NC1CCN(C(=O)C(C)(C)C)CC1. The average molecular weight is 338 g/mol. The Balaban J connectivity index is 1.99. The Bertz CT molecular complexity index is 669. The Labute approximate surface area is 139 Å². The minimum atomic E-state index is -3.51. The Morgan fingerprint density at radius 3 is 2.26 bits per heavy atom. The molecular formula is C17H26N2O3S. The molecule has 0 aromatic heterocycles. The first-order chi connectivity index (χ1) is 10.6. The maximum absolute atomic E-state index is 12.5. The number of nitrogens with one attached hydrogen (secondary N) is 1. The fourth-order valence-corrected chi connectivity index (χ4v) is 4.37. The smallest absolute Gasteiger partial charge is 0.241 e. The van der Waals surface area contributed by atoms with Crippen molar-refractivity contribution in [3.63, 3.8) is 0 Å². The van der Waals surface area contributed by atoms with Crippen LogP contribution in [0.2, 0.25) is 0 Å². The van der Waals surface area contributed by atoms with Crippen LogP contribution in [0.4, 0.5) is 0 Å². The van der Waals surface area contributed by atoms with Crippen LogP contribution in [0.1, 0.15) is 39.2 Å². The maximum Gasteiger partial charge on any atom is 0.241 e. The van der Waals surface area contributed by atoms with E-state index in [1.54, 1.807) is 25.1 Å². The van der Waals surface area contributed by atoms with Crippen molar-refractivity contribution in [3.05, 3.63) is 29.8 Å². The van der Waals surface area contributed by atoms with Gasteiger partial charge in [-0.2, -0.15) is 0 Å². The fraction of sp³-hybridized carbons (Fsp3) is 0.588. The molecule has 1 saturated heterocycles. The molecule has 128 valence electrons. The van der Waals surface area contributed by atoms with E-state index in [2.05, 4.69) is 4.72 Å². The number of aryl methyl sites for hydroxylation is 1. The van der Waals surface area contributed by atoms with Crippen molar-refractivity contribution in [2.75, 3.05) is 13.1 Å². The number of nitrogens with zero attached hydrogens (tertiary/aromatic N) is 1. The molecule has 6 heteroatoms. The van der Waals surface area contributed by atoms with Gasteiger partial charge < -0.3 is 4.90 Å². The number of carbonyl (C=O) groups is 1. The summed E-state index contributed by atoms with van der Waals surface area (Å²) in [5, 5.41) is 0. The molecule has 2 rings (SSSR count). The number of amides is 1. The molecule has 0 bridgehead atoms. The molecular weight excluding hydrogens is 312 g/mol. The van der Waals surface area contributed by atoms with Crippen LogP contribution in [-0.4, -0.2) is 38.4 Å². The summed E-state index contributed by atoms with van der Waals surface area (Å²) in [5.74, 6) is 0.123. The third kappa shape index (κ3) is 4.32. The molecule has 1 aliphatic rings. The Kier molecular flexibility index (Phi) is 5.16. The van der Waals surface area contributed by atoms with Crippen LogP contribution in [0.5, 0.6) is 0 Å². The third-order valence-corrected chi connectivity index (χ3v) is 5.81. The molecule has 0 spiro atoms. The van der Waals surface area contributed by atoms with Crippen molar-refractivity contribution in [1.29, 1.82) is 0 Å². The van der Waals surface area contributed by atoms with Gasteiger partial charge in [-0.15, -0.1) is 0 Å². The first-order valence-electron chi connectivity index (χ1n) is 7.98. The van der Waals surface area contributed by atoms with Crippen molar-refractivity contribution >= 4 is 15.9 Å². The van der Waals surface area contributed by atoms with Gasteiger partial charge in [0.25, 0.3) is 0 Å². The number of hydrogen-bond donors (Lipinski definition) is 1. The lowest BCUT2D eigenvalue weighted by molar-refractivity contribution is -0.140. The van der Waals surface area contributed by atoms with E-state index in [1.165, 1.54) is 0 Å². The van der Waals surface area contributed by atoms with Crippen LogP contribution in [0.15, 0.2) is 29.2 Å². The highest BCUT2D eigenvalue weighted by Crippen LogP contribution is 2.22. The Hall–Kier alpha value is -1.40. The van der Waals surface area contributed by atoms with E-state index in [4.69, 9.17) is 0 Å². The summed E-state index contributed by atoms with van der Waals surface area (Å²) in [6.07, 6.45) is 1.29. The molecule has 0 atom stereocenters. The van der Waals surface area contributed by atoms with Gasteiger partial charge in [-0.1, -0.05) is 39.0 Å². The first-order valence-corrected chi connectivity index (χ1v) is 9.47. The molecule has 5 nitrogen and oxygen atoms in total. The van der Waals surface area contributed by atoms with Gasteiger partial charge in [0.15, 0.2) is 0 Å². The van der Waals surface area contributed by atoms with Gasteiger partial charge in [-0.05, 0) is 31.4 Å². The lowest BCUT2D eigenvalue weighted by Gasteiger charge is -2.35. The van der Waals surface area contributed by atoms with Crippen molar-refractivity contribution in [1.82, 2.24) is 9.62 Å². The molecule has 1 heterocycles. The summed E-state index contributed by atoms with van der Waals surface area (Å²) >= 11 is 0. The summed E-state index contributed by atoms with van der Waals surface area (Å²) in [6, 6.07) is 6.84. The number of rotatable bonds is 3. The number of sulfonamides is 1. The van der Waals surface area contributed by atoms with Crippen LogP contribution in [0.3, 0.4) is 0 Å². The van der Waals surface area contributed by atoms with E-state index >= 15 is 0 Å². The molecule has 0 saturated carbocycles. The fourth-order valence-electron chi connectivity index (χ4n) is 2.82. The molecule has 1 aliphatic heterocycles. The van der Waals surface area contributed by atoms with E-state index in [9.17, 15) is 13.2 Å². The van der Waals surface area contributed by atoms with E-state index < -0.39 is 15.4 Å². The summed E-state index contributed by atoms with van der Waals surface area (Å²) < 4.78 is 27.8. The van der Waals surface area contributed by atoms with E-state index in [1.807, 2.05) is 31.7 Å². The van der Waals surface area contributed by atoms with Gasteiger partial charge >= 0.3 is 0 Å². The van der Waals surface area contributed by atoms with Crippen molar-refractivity contribution in [2.24, 2.45) is 5.41 Å². The van der Waals surface area contributed by atoms with Crippen LogP contribution in [0, 0.1) is 12.3 Å². The Morgan fingerprint density at radius 2 is 1.74 bits per heavy atom. The maximum atomic E-state index is 12.5. The molecule has 0 aliphatic carbocycles. The minimum Gasteiger partial charge on any atom is -0.342 e. The molecule has 1 aromatic rings. The largest absolute Gasteiger partial charge is 0.342 e. The summed E-state index contributed by atoms with van der Waals surface area (Å²) in [5.41, 5.74) is 0.341. The van der Waals surface area contributed by atoms with E-state index in [0.717, 1.165) is 5.56 Å². The average Bonchev–Trinajstić information content (AvgIpc) is 2.46. The predicted molar refractivity (Wildman–Crippen MR) is 90.6 cm³/mol. The lowest BCUT2D eigenvalue weighted by Crippen LogP contribution is -2.49. The molecule has 1 aromatic carbocycles. The van der Waals surface area contributed by atoms with Gasteiger partial charge in [-0.25, -0.2) is 13.1 Å². The van der Waals surface area contributed by atoms with Gasteiger partial charge in [0, 0.05) is 24.5 Å². The molecule has 1 amide bonds. The van der Waals surface area contributed by atoms with Crippen molar-refractivity contribution in [2.45, 2.75) is 51.5 Å². The van der Waals surface area contributed by atoms with Crippen LogP contribution < -0.4 is 4.72 Å². The molecule has 23 heavy (non-hydrogen) atoms. The lowest BCUT2D eigenvalue weighted by atomic mass is 9.93. The second-order valence-electron chi connectivity index (χ2n) is 7.20. The predicted octanol–water partition coefficient (Wildman–Crippen LogP) is 2.31. The monoisotopic (exact) mass is 338 g/mol. The van der Waals surface area contributed by atoms with Gasteiger partial charge in [0.05, 0.1) is 4.90 Å². The van der Waals surface area contributed by atoms with Crippen molar-refractivity contribution in [3.8, 4) is 0 Å².